The third-order valence-electron chi connectivity index (χ3n) is 7.29. The van der Waals surface area contributed by atoms with E-state index in [1.54, 1.807) is 29.8 Å². The highest BCUT2D eigenvalue weighted by molar-refractivity contribution is 7.07. The van der Waals surface area contributed by atoms with Crippen LogP contribution in [-0.4, -0.2) is 45.7 Å². The molecule has 4 amide bonds. The van der Waals surface area contributed by atoms with Crippen molar-refractivity contribution in [3.8, 4) is 0 Å². The van der Waals surface area contributed by atoms with Gasteiger partial charge in [-0.05, 0) is 60.1 Å². The Balaban J connectivity index is 1.39. The Labute approximate surface area is 191 Å². The molecule has 0 aromatic carbocycles. The number of aromatic nitrogens is 1. The number of nitrogens with zero attached hydrogens (tertiary/aromatic N) is 3. The zero-order valence-electron chi connectivity index (χ0n) is 18.0. The van der Waals surface area contributed by atoms with E-state index in [1.165, 1.54) is 4.90 Å². The summed E-state index contributed by atoms with van der Waals surface area (Å²) in [6, 6.07) is 5.24. The van der Waals surface area contributed by atoms with Crippen molar-refractivity contribution in [3.63, 3.8) is 0 Å². The predicted octanol–water partition coefficient (Wildman–Crippen LogP) is 3.52. The van der Waals surface area contributed by atoms with Gasteiger partial charge in [0.1, 0.15) is 0 Å². The van der Waals surface area contributed by atoms with Gasteiger partial charge in [0.15, 0.2) is 5.54 Å². The Morgan fingerprint density at radius 2 is 1.94 bits per heavy atom. The van der Waals surface area contributed by atoms with Crippen LogP contribution in [0.3, 0.4) is 0 Å². The SMILES string of the molecule is O=C(C1CCCC1)N1CCC(C2(c3cccnc3)NC(=O)N(Cc3ccsc3)C2=O)CC1. The fourth-order valence-corrected chi connectivity index (χ4v) is 6.23. The molecule has 2 saturated heterocycles. The molecule has 1 saturated carbocycles. The topological polar surface area (TPSA) is 82.6 Å². The standard InChI is InChI=1S/C24H28N4O3S/c29-21(18-4-1-2-5-18)27-11-7-19(8-12-27)24(20-6-3-10-25-14-20)22(30)28(23(31)26-24)15-17-9-13-32-16-17/h3,6,9-10,13-14,16,18-19H,1-2,4-5,7-8,11-12,15H2,(H,26,31). The van der Waals surface area contributed by atoms with E-state index < -0.39 is 5.54 Å². The van der Waals surface area contributed by atoms with Crippen LogP contribution in [0.1, 0.15) is 49.7 Å². The molecular weight excluding hydrogens is 424 g/mol. The molecule has 1 aliphatic carbocycles. The first-order valence-corrected chi connectivity index (χ1v) is 12.4. The lowest BCUT2D eigenvalue weighted by Crippen LogP contribution is -2.54. The molecular formula is C24H28N4O3S. The third kappa shape index (κ3) is 3.60. The third-order valence-corrected chi connectivity index (χ3v) is 8.02. The van der Waals surface area contributed by atoms with E-state index in [9.17, 15) is 14.4 Å². The maximum absolute atomic E-state index is 13.8. The second-order valence-corrected chi connectivity index (χ2v) is 9.86. The summed E-state index contributed by atoms with van der Waals surface area (Å²) in [5, 5.41) is 6.96. The molecule has 168 valence electrons. The zero-order valence-corrected chi connectivity index (χ0v) is 18.9. The van der Waals surface area contributed by atoms with E-state index in [0.29, 0.717) is 31.5 Å². The van der Waals surface area contributed by atoms with Crippen LogP contribution < -0.4 is 5.32 Å². The number of amides is 4. The molecule has 0 bridgehead atoms. The van der Waals surface area contributed by atoms with E-state index in [0.717, 1.165) is 31.2 Å². The van der Waals surface area contributed by atoms with Gasteiger partial charge in [-0.3, -0.25) is 19.5 Å². The smallest absolute Gasteiger partial charge is 0.325 e. The first-order valence-electron chi connectivity index (χ1n) is 11.4. The Bertz CT molecular complexity index is 982. The van der Waals surface area contributed by atoms with Crippen molar-refractivity contribution >= 4 is 29.2 Å². The molecule has 7 nitrogen and oxygen atoms in total. The van der Waals surface area contributed by atoms with Crippen molar-refractivity contribution in [1.82, 2.24) is 20.1 Å². The van der Waals surface area contributed by atoms with Crippen molar-refractivity contribution in [2.24, 2.45) is 11.8 Å². The molecule has 2 aromatic rings. The number of pyridine rings is 1. The summed E-state index contributed by atoms with van der Waals surface area (Å²) in [4.78, 5) is 47.3. The number of likely N-dealkylation sites (tertiary alicyclic amines) is 1. The molecule has 1 atom stereocenters. The summed E-state index contributed by atoms with van der Waals surface area (Å²) in [6.45, 7) is 1.50. The van der Waals surface area contributed by atoms with Crippen molar-refractivity contribution in [2.45, 2.75) is 50.6 Å². The molecule has 2 aromatic heterocycles. The van der Waals surface area contributed by atoms with Crippen molar-refractivity contribution in [2.75, 3.05) is 13.1 Å². The summed E-state index contributed by atoms with van der Waals surface area (Å²) < 4.78 is 0. The van der Waals surface area contributed by atoms with Gasteiger partial charge < -0.3 is 10.2 Å². The molecule has 5 rings (SSSR count). The lowest BCUT2D eigenvalue weighted by Gasteiger charge is -2.41. The predicted molar refractivity (Wildman–Crippen MR) is 121 cm³/mol. The maximum atomic E-state index is 13.8. The number of nitrogens with one attached hydrogen (secondary N) is 1. The Hall–Kier alpha value is -2.74. The monoisotopic (exact) mass is 452 g/mol. The second kappa shape index (κ2) is 8.65. The van der Waals surface area contributed by atoms with Gasteiger partial charge in [0.25, 0.3) is 5.91 Å². The van der Waals surface area contributed by atoms with E-state index >= 15 is 0 Å². The number of piperidine rings is 1. The highest BCUT2D eigenvalue weighted by Crippen LogP contribution is 2.42. The van der Waals surface area contributed by atoms with Gasteiger partial charge in [-0.1, -0.05) is 18.9 Å². The largest absolute Gasteiger partial charge is 0.342 e. The van der Waals surface area contributed by atoms with Gasteiger partial charge in [0, 0.05) is 37.0 Å². The number of carbonyl (C=O) groups is 3. The van der Waals surface area contributed by atoms with Crippen LogP contribution in [0.15, 0.2) is 41.4 Å². The van der Waals surface area contributed by atoms with Crippen LogP contribution in [0, 0.1) is 11.8 Å². The maximum Gasteiger partial charge on any atom is 0.325 e. The lowest BCUT2D eigenvalue weighted by molar-refractivity contribution is -0.139. The van der Waals surface area contributed by atoms with Crippen LogP contribution in [0.25, 0.3) is 0 Å². The van der Waals surface area contributed by atoms with Crippen molar-refractivity contribution in [1.29, 1.82) is 0 Å². The molecule has 0 spiro atoms. The first-order chi connectivity index (χ1) is 15.6. The molecule has 3 aliphatic rings. The van der Waals surface area contributed by atoms with Crippen molar-refractivity contribution in [3.05, 3.63) is 52.5 Å². The molecule has 3 fully saturated rings. The van der Waals surface area contributed by atoms with Gasteiger partial charge in [-0.25, -0.2) is 4.79 Å². The minimum atomic E-state index is -1.14. The van der Waals surface area contributed by atoms with Crippen LogP contribution in [0.5, 0.6) is 0 Å². The quantitative estimate of drug-likeness (QED) is 0.704. The van der Waals surface area contributed by atoms with Gasteiger partial charge in [0.2, 0.25) is 5.91 Å². The molecule has 32 heavy (non-hydrogen) atoms. The molecule has 8 heteroatoms. The molecule has 0 radical (unpaired) electrons. The molecule has 1 unspecified atom stereocenters. The number of imide groups is 1. The summed E-state index contributed by atoms with van der Waals surface area (Å²) in [5.74, 6) is 0.107. The fourth-order valence-electron chi connectivity index (χ4n) is 5.57. The number of urea groups is 1. The van der Waals surface area contributed by atoms with E-state index in [-0.39, 0.29) is 36.2 Å². The van der Waals surface area contributed by atoms with Crippen molar-refractivity contribution < 1.29 is 14.4 Å². The van der Waals surface area contributed by atoms with E-state index in [2.05, 4.69) is 10.3 Å². The molecule has 1 N–H and O–H groups in total. The number of rotatable bonds is 5. The highest BCUT2D eigenvalue weighted by Gasteiger charge is 2.57. The van der Waals surface area contributed by atoms with Crippen LogP contribution in [0.4, 0.5) is 4.79 Å². The van der Waals surface area contributed by atoms with Gasteiger partial charge in [0.05, 0.1) is 6.54 Å². The van der Waals surface area contributed by atoms with E-state index in [1.807, 2.05) is 27.8 Å². The number of carbonyl (C=O) groups excluding carboxylic acids is 3. The average Bonchev–Trinajstić information content (AvgIpc) is 3.59. The summed E-state index contributed by atoms with van der Waals surface area (Å²) in [7, 11) is 0. The normalized spacial score (nSPS) is 24.9. The van der Waals surface area contributed by atoms with Crippen LogP contribution in [0.2, 0.25) is 0 Å². The molecule has 4 heterocycles. The number of hydrogen-bond donors (Lipinski definition) is 1. The zero-order chi connectivity index (χ0) is 22.1. The summed E-state index contributed by atoms with van der Waals surface area (Å²) >= 11 is 1.55. The minimum Gasteiger partial charge on any atom is -0.342 e. The van der Waals surface area contributed by atoms with Gasteiger partial charge >= 0.3 is 6.03 Å². The summed E-state index contributed by atoms with van der Waals surface area (Å²) in [6.07, 6.45) is 8.95. The van der Waals surface area contributed by atoms with Crippen LogP contribution in [-0.2, 0) is 21.7 Å². The van der Waals surface area contributed by atoms with E-state index in [4.69, 9.17) is 0 Å². The Morgan fingerprint density at radius 3 is 2.59 bits per heavy atom. The second-order valence-electron chi connectivity index (χ2n) is 9.08. The van der Waals surface area contributed by atoms with Gasteiger partial charge in [-0.15, -0.1) is 0 Å². The highest BCUT2D eigenvalue weighted by atomic mass is 32.1. The Kier molecular flexibility index (Phi) is 5.71. The number of hydrogen-bond acceptors (Lipinski definition) is 5. The lowest BCUT2D eigenvalue weighted by atomic mass is 9.73. The Morgan fingerprint density at radius 1 is 1.16 bits per heavy atom. The molecule has 2 aliphatic heterocycles. The minimum absolute atomic E-state index is 0.0942. The fraction of sp³-hybridized carbons (Fsp3) is 0.500. The first kappa shape index (κ1) is 21.1. The number of thiophene rings is 1. The summed E-state index contributed by atoms with van der Waals surface area (Å²) in [5.41, 5.74) is 0.522. The average molecular weight is 453 g/mol. The van der Waals surface area contributed by atoms with Gasteiger partial charge in [-0.2, -0.15) is 11.3 Å². The van der Waals surface area contributed by atoms with Crippen LogP contribution >= 0.6 is 11.3 Å².